The Hall–Kier alpha value is -2.89. The molecule has 0 atom stereocenters. The van der Waals surface area contributed by atoms with Crippen LogP contribution < -0.4 is 5.43 Å². The fourth-order valence-corrected chi connectivity index (χ4v) is 1.87. The van der Waals surface area contributed by atoms with Gasteiger partial charge in [0.25, 0.3) is 0 Å². The van der Waals surface area contributed by atoms with Gasteiger partial charge in [-0.05, 0) is 17.7 Å². The number of hydrazone groups is 1. The Morgan fingerprint density at radius 1 is 1.05 bits per heavy atom. The molecule has 0 radical (unpaired) electrons. The van der Waals surface area contributed by atoms with E-state index in [1.54, 1.807) is 6.20 Å². The van der Waals surface area contributed by atoms with Crippen molar-refractivity contribution < 1.29 is 8.78 Å². The van der Waals surface area contributed by atoms with E-state index in [-0.39, 0.29) is 0 Å². The zero-order valence-electron chi connectivity index (χ0n) is 10.8. The predicted molar refractivity (Wildman–Crippen MR) is 77.1 cm³/mol. The lowest BCUT2D eigenvalue weighted by atomic mass is 10.2. The van der Waals surface area contributed by atoms with Crippen molar-refractivity contribution >= 4 is 22.8 Å². The number of hydrogen-bond acceptors (Lipinski definition) is 4. The second-order valence-corrected chi connectivity index (χ2v) is 4.32. The first-order valence-corrected chi connectivity index (χ1v) is 6.18. The topological polar surface area (TPSA) is 50.2 Å². The van der Waals surface area contributed by atoms with Gasteiger partial charge in [0.05, 0.1) is 12.4 Å². The second-order valence-electron chi connectivity index (χ2n) is 4.32. The second kappa shape index (κ2) is 5.62. The molecule has 3 aromatic rings. The predicted octanol–water partition coefficient (Wildman–Crippen LogP) is 3.35. The molecule has 104 valence electrons. The molecule has 0 aliphatic heterocycles. The third-order valence-corrected chi connectivity index (χ3v) is 2.90. The van der Waals surface area contributed by atoms with Gasteiger partial charge in [-0.15, -0.1) is 5.10 Å². The van der Waals surface area contributed by atoms with Gasteiger partial charge in [-0.25, -0.2) is 8.78 Å². The Morgan fingerprint density at radius 3 is 2.76 bits per heavy atom. The molecule has 3 rings (SSSR count). The van der Waals surface area contributed by atoms with E-state index in [0.29, 0.717) is 11.4 Å². The van der Waals surface area contributed by atoms with Gasteiger partial charge in [0.2, 0.25) is 0 Å². The van der Waals surface area contributed by atoms with Crippen LogP contribution in [0.4, 0.5) is 14.6 Å². The molecule has 0 bridgehead atoms. The van der Waals surface area contributed by atoms with E-state index < -0.39 is 11.6 Å². The highest BCUT2D eigenvalue weighted by Crippen LogP contribution is 2.19. The minimum Gasteiger partial charge on any atom is -0.259 e. The molecular formula is C15H10F2N4. The zero-order chi connectivity index (χ0) is 14.7. The van der Waals surface area contributed by atoms with Crippen LogP contribution in [0.3, 0.4) is 0 Å². The average molecular weight is 284 g/mol. The summed E-state index contributed by atoms with van der Waals surface area (Å²) >= 11 is 0. The Balaban J connectivity index is 1.83. The molecule has 1 heterocycles. The summed E-state index contributed by atoms with van der Waals surface area (Å²) < 4.78 is 25.9. The van der Waals surface area contributed by atoms with Crippen molar-refractivity contribution in [3.8, 4) is 0 Å². The van der Waals surface area contributed by atoms with E-state index in [2.05, 4.69) is 20.7 Å². The van der Waals surface area contributed by atoms with Gasteiger partial charge in [-0.2, -0.15) is 10.2 Å². The first-order valence-electron chi connectivity index (χ1n) is 6.18. The van der Waals surface area contributed by atoms with Crippen LogP contribution in [0, 0.1) is 11.6 Å². The van der Waals surface area contributed by atoms with Gasteiger partial charge in [0, 0.05) is 10.8 Å². The standard InChI is InChI=1S/C15H10F2N4/c16-13-6-5-10(7-14(13)17)8-18-20-15-12-4-2-1-3-11(12)9-19-21-15/h1-9H,(H,20,21)/b18-8+. The van der Waals surface area contributed by atoms with Gasteiger partial charge < -0.3 is 0 Å². The summed E-state index contributed by atoms with van der Waals surface area (Å²) in [6.45, 7) is 0. The molecule has 0 aliphatic carbocycles. The summed E-state index contributed by atoms with van der Waals surface area (Å²) in [5, 5.41) is 13.6. The first kappa shape index (κ1) is 13.1. The third kappa shape index (κ3) is 2.84. The summed E-state index contributed by atoms with van der Waals surface area (Å²) in [6, 6.07) is 11.1. The van der Waals surface area contributed by atoms with Gasteiger partial charge in [0.15, 0.2) is 17.5 Å². The van der Waals surface area contributed by atoms with Crippen LogP contribution >= 0.6 is 0 Å². The van der Waals surface area contributed by atoms with E-state index in [4.69, 9.17) is 0 Å². The van der Waals surface area contributed by atoms with Crippen molar-refractivity contribution in [2.75, 3.05) is 5.43 Å². The highest BCUT2D eigenvalue weighted by molar-refractivity contribution is 5.91. The third-order valence-electron chi connectivity index (χ3n) is 2.90. The van der Waals surface area contributed by atoms with Crippen LogP contribution in [0.25, 0.3) is 10.8 Å². The number of benzene rings is 2. The van der Waals surface area contributed by atoms with Crippen LogP contribution in [0.5, 0.6) is 0 Å². The van der Waals surface area contributed by atoms with Crippen molar-refractivity contribution in [3.05, 3.63) is 65.9 Å². The summed E-state index contributed by atoms with van der Waals surface area (Å²) in [4.78, 5) is 0. The summed E-state index contributed by atoms with van der Waals surface area (Å²) in [6.07, 6.45) is 3.03. The lowest BCUT2D eigenvalue weighted by molar-refractivity contribution is 0.508. The Morgan fingerprint density at radius 2 is 1.90 bits per heavy atom. The van der Waals surface area contributed by atoms with E-state index in [0.717, 1.165) is 22.9 Å². The van der Waals surface area contributed by atoms with Crippen LogP contribution in [-0.4, -0.2) is 16.4 Å². The Kier molecular flexibility index (Phi) is 3.51. The number of fused-ring (bicyclic) bond motifs is 1. The molecule has 0 fully saturated rings. The van der Waals surface area contributed by atoms with Crippen molar-refractivity contribution in [2.24, 2.45) is 5.10 Å². The Labute approximate surface area is 119 Å². The highest BCUT2D eigenvalue weighted by atomic mass is 19.2. The van der Waals surface area contributed by atoms with E-state index in [1.807, 2.05) is 24.3 Å². The van der Waals surface area contributed by atoms with Gasteiger partial charge in [0.1, 0.15) is 0 Å². The first-order chi connectivity index (χ1) is 10.2. The molecule has 21 heavy (non-hydrogen) atoms. The SMILES string of the molecule is Fc1ccc(/C=N/Nc2nncc3ccccc23)cc1F. The van der Waals surface area contributed by atoms with E-state index >= 15 is 0 Å². The average Bonchev–Trinajstić information content (AvgIpc) is 2.51. The quantitative estimate of drug-likeness (QED) is 0.592. The maximum Gasteiger partial charge on any atom is 0.176 e. The monoisotopic (exact) mass is 284 g/mol. The van der Waals surface area contributed by atoms with E-state index in [9.17, 15) is 8.78 Å². The van der Waals surface area contributed by atoms with Crippen LogP contribution in [-0.2, 0) is 0 Å². The van der Waals surface area contributed by atoms with Crippen LogP contribution in [0.2, 0.25) is 0 Å². The smallest absolute Gasteiger partial charge is 0.176 e. The van der Waals surface area contributed by atoms with Gasteiger partial charge >= 0.3 is 0 Å². The van der Waals surface area contributed by atoms with Crippen molar-refractivity contribution in [1.82, 2.24) is 10.2 Å². The number of nitrogens with zero attached hydrogens (tertiary/aromatic N) is 3. The van der Waals surface area contributed by atoms with Crippen molar-refractivity contribution in [2.45, 2.75) is 0 Å². The molecular weight excluding hydrogens is 274 g/mol. The number of hydrogen-bond donors (Lipinski definition) is 1. The number of aromatic nitrogens is 2. The van der Waals surface area contributed by atoms with Gasteiger partial charge in [-0.3, -0.25) is 5.43 Å². The Bertz CT molecular complexity index is 812. The van der Waals surface area contributed by atoms with Crippen molar-refractivity contribution in [1.29, 1.82) is 0 Å². The minimum atomic E-state index is -0.913. The minimum absolute atomic E-state index is 0.439. The van der Waals surface area contributed by atoms with Gasteiger partial charge in [-0.1, -0.05) is 30.3 Å². The molecule has 1 N–H and O–H groups in total. The molecule has 0 spiro atoms. The fraction of sp³-hybridized carbons (Fsp3) is 0. The molecule has 0 saturated carbocycles. The number of halogens is 2. The molecule has 4 nitrogen and oxygen atoms in total. The van der Waals surface area contributed by atoms with Crippen LogP contribution in [0.15, 0.2) is 53.8 Å². The molecule has 0 amide bonds. The summed E-state index contributed by atoms with van der Waals surface area (Å²) in [5.41, 5.74) is 3.19. The summed E-state index contributed by atoms with van der Waals surface area (Å²) in [5.74, 6) is -1.31. The highest BCUT2D eigenvalue weighted by Gasteiger charge is 2.02. The molecule has 0 unspecified atom stereocenters. The molecule has 6 heteroatoms. The molecule has 1 aromatic heterocycles. The lowest BCUT2D eigenvalue weighted by Crippen LogP contribution is -1.97. The van der Waals surface area contributed by atoms with E-state index in [1.165, 1.54) is 12.3 Å². The fourth-order valence-electron chi connectivity index (χ4n) is 1.87. The van der Waals surface area contributed by atoms with Crippen LogP contribution in [0.1, 0.15) is 5.56 Å². The molecule has 0 saturated heterocycles. The lowest BCUT2D eigenvalue weighted by Gasteiger charge is -2.02. The molecule has 2 aromatic carbocycles. The summed E-state index contributed by atoms with van der Waals surface area (Å²) in [7, 11) is 0. The normalized spacial score (nSPS) is 11.1. The van der Waals surface area contributed by atoms with Crippen molar-refractivity contribution in [3.63, 3.8) is 0 Å². The number of nitrogens with one attached hydrogen (secondary N) is 1. The number of rotatable bonds is 3. The maximum absolute atomic E-state index is 13.1. The maximum atomic E-state index is 13.1. The number of anilines is 1. The molecule has 0 aliphatic rings. The largest absolute Gasteiger partial charge is 0.259 e. The zero-order valence-corrected chi connectivity index (χ0v) is 10.8.